The van der Waals surface area contributed by atoms with Crippen LogP contribution in [-0.2, 0) is 33.1 Å². The fourth-order valence-corrected chi connectivity index (χ4v) is 4.38. The number of aryl methyl sites for hydroxylation is 1. The molecule has 0 saturated heterocycles. The second-order valence-electron chi connectivity index (χ2n) is 10.5. The lowest BCUT2D eigenvalue weighted by molar-refractivity contribution is -0.143. The van der Waals surface area contributed by atoms with Crippen LogP contribution in [0.4, 0.5) is 36.8 Å². The van der Waals surface area contributed by atoms with E-state index in [4.69, 9.17) is 9.84 Å². The molecule has 13 heteroatoms. The number of alkyl halides is 6. The highest BCUT2D eigenvalue weighted by atomic mass is 19.4. The van der Waals surface area contributed by atoms with E-state index in [1.54, 1.807) is 39.0 Å². The van der Waals surface area contributed by atoms with E-state index in [-0.39, 0.29) is 12.6 Å². The molecular weight excluding hydrogens is 558 g/mol. The maximum absolute atomic E-state index is 13.2. The van der Waals surface area contributed by atoms with Crippen LogP contribution in [0.1, 0.15) is 67.5 Å². The molecule has 2 aromatic carbocycles. The first-order chi connectivity index (χ1) is 18.8. The van der Waals surface area contributed by atoms with Gasteiger partial charge in [-0.05, 0) is 74.6 Å². The molecule has 0 bridgehead atoms. The lowest BCUT2D eigenvalue weighted by atomic mass is 10.0. The molecule has 7 nitrogen and oxygen atoms in total. The number of amides is 2. The molecule has 1 atom stereocenters. The largest absolute Gasteiger partial charge is 0.478 e. The van der Waals surface area contributed by atoms with Crippen molar-refractivity contribution in [3.8, 4) is 0 Å². The molecule has 222 valence electrons. The maximum Gasteiger partial charge on any atom is 0.416 e. The third-order valence-corrected chi connectivity index (χ3v) is 6.09. The van der Waals surface area contributed by atoms with Gasteiger partial charge in [0.05, 0.1) is 17.2 Å². The minimum Gasteiger partial charge on any atom is -0.478 e. The normalized spacial score (nSPS) is 15.5. The van der Waals surface area contributed by atoms with Crippen LogP contribution in [0.15, 0.2) is 42.5 Å². The highest BCUT2D eigenvalue weighted by Crippen LogP contribution is 2.39. The minimum absolute atomic E-state index is 0.0414. The van der Waals surface area contributed by atoms with Gasteiger partial charge in [-0.2, -0.15) is 26.3 Å². The van der Waals surface area contributed by atoms with Crippen LogP contribution >= 0.6 is 0 Å². The first kappa shape index (κ1) is 31.5. The van der Waals surface area contributed by atoms with Crippen molar-refractivity contribution in [1.29, 1.82) is 0 Å². The van der Waals surface area contributed by atoms with Crippen LogP contribution in [0.3, 0.4) is 0 Å². The second kappa shape index (κ2) is 11.8. The lowest BCUT2D eigenvalue weighted by Crippen LogP contribution is -2.40. The summed E-state index contributed by atoms with van der Waals surface area (Å²) in [5.41, 5.74) is -2.49. The van der Waals surface area contributed by atoms with E-state index in [2.05, 4.69) is 5.32 Å². The molecule has 0 aromatic heterocycles. The van der Waals surface area contributed by atoms with Crippen molar-refractivity contribution in [3.63, 3.8) is 0 Å². The molecule has 1 aliphatic carbocycles. The number of carbonyl (C=O) groups excluding carboxylic acids is 2. The summed E-state index contributed by atoms with van der Waals surface area (Å²) in [6, 6.07) is 5.41. The Morgan fingerprint density at radius 2 is 1.61 bits per heavy atom. The van der Waals surface area contributed by atoms with Crippen molar-refractivity contribution in [2.24, 2.45) is 0 Å². The van der Waals surface area contributed by atoms with Crippen LogP contribution in [0.25, 0.3) is 6.08 Å². The van der Waals surface area contributed by atoms with Gasteiger partial charge in [-0.25, -0.2) is 9.59 Å². The van der Waals surface area contributed by atoms with E-state index < -0.39 is 65.2 Å². The van der Waals surface area contributed by atoms with Gasteiger partial charge in [0.25, 0.3) is 0 Å². The highest BCUT2D eigenvalue weighted by molar-refractivity contribution is 5.91. The van der Waals surface area contributed by atoms with E-state index in [9.17, 15) is 40.7 Å². The van der Waals surface area contributed by atoms with Crippen molar-refractivity contribution >= 4 is 29.7 Å². The molecule has 0 spiro atoms. The van der Waals surface area contributed by atoms with Crippen LogP contribution in [0.2, 0.25) is 0 Å². The number of anilines is 1. The number of halogens is 6. The van der Waals surface area contributed by atoms with E-state index in [1.165, 1.54) is 11.0 Å². The molecule has 1 aliphatic rings. The number of benzene rings is 2. The Morgan fingerprint density at radius 1 is 1.00 bits per heavy atom. The van der Waals surface area contributed by atoms with Crippen LogP contribution in [0, 0.1) is 0 Å². The molecule has 2 aromatic rings. The van der Waals surface area contributed by atoms with E-state index >= 15 is 0 Å². The SMILES string of the molecule is CC(C)(C)OC(=O)N(CCC(=O)Nc1cc(C(F)(F)F)cc(C(F)(F)F)c1)C1CCc2cc(/C=C/C(=O)O)ccc21. The van der Waals surface area contributed by atoms with Gasteiger partial charge < -0.3 is 20.1 Å². The quantitative estimate of drug-likeness (QED) is 0.267. The highest BCUT2D eigenvalue weighted by Gasteiger charge is 2.37. The average Bonchev–Trinajstić information content (AvgIpc) is 3.23. The number of fused-ring (bicyclic) bond motifs is 1. The van der Waals surface area contributed by atoms with Gasteiger partial charge in [0.1, 0.15) is 5.60 Å². The number of rotatable bonds is 7. The van der Waals surface area contributed by atoms with Gasteiger partial charge in [-0.3, -0.25) is 4.79 Å². The summed E-state index contributed by atoms with van der Waals surface area (Å²) >= 11 is 0. The van der Waals surface area contributed by atoms with Crippen molar-refractivity contribution in [2.45, 2.75) is 64.0 Å². The lowest BCUT2D eigenvalue weighted by Gasteiger charge is -2.32. The van der Waals surface area contributed by atoms with E-state index in [1.807, 2.05) is 0 Å². The molecular formula is C28H28F6N2O5. The van der Waals surface area contributed by atoms with Crippen LogP contribution in [-0.4, -0.2) is 40.1 Å². The number of aliphatic carboxylic acids is 1. The Labute approximate surface area is 231 Å². The van der Waals surface area contributed by atoms with Gasteiger partial charge in [-0.1, -0.05) is 18.2 Å². The van der Waals surface area contributed by atoms with Crippen molar-refractivity contribution in [2.75, 3.05) is 11.9 Å². The number of carboxylic acids is 1. The smallest absolute Gasteiger partial charge is 0.416 e. The monoisotopic (exact) mass is 586 g/mol. The zero-order valence-electron chi connectivity index (χ0n) is 22.3. The average molecular weight is 587 g/mol. The van der Waals surface area contributed by atoms with Gasteiger partial charge in [0, 0.05) is 24.7 Å². The Balaban J connectivity index is 1.83. The van der Waals surface area contributed by atoms with Crippen molar-refractivity contribution in [1.82, 2.24) is 4.90 Å². The summed E-state index contributed by atoms with van der Waals surface area (Å²) in [6.07, 6.45) is -7.96. The van der Waals surface area contributed by atoms with Gasteiger partial charge in [-0.15, -0.1) is 0 Å². The molecule has 0 fully saturated rings. The Hall–Kier alpha value is -4.03. The fourth-order valence-electron chi connectivity index (χ4n) is 4.38. The van der Waals surface area contributed by atoms with Crippen LogP contribution in [0.5, 0.6) is 0 Å². The minimum atomic E-state index is -5.08. The van der Waals surface area contributed by atoms with Gasteiger partial charge in [0.2, 0.25) is 5.91 Å². The third kappa shape index (κ3) is 8.73. The number of hydrogen-bond donors (Lipinski definition) is 2. The fraction of sp³-hybridized carbons (Fsp3) is 0.393. The second-order valence-corrected chi connectivity index (χ2v) is 10.5. The molecule has 0 heterocycles. The zero-order valence-corrected chi connectivity index (χ0v) is 22.3. The predicted molar refractivity (Wildman–Crippen MR) is 137 cm³/mol. The standard InChI is InChI=1S/C28H28F6N2O5/c1-26(2,3)41-25(40)36(22-8-6-17-12-16(4-7-21(17)22)5-9-24(38)39)11-10-23(37)35-20-14-18(27(29,30)31)13-19(15-20)28(32,33)34/h4-5,7,9,12-15,22H,6,8,10-11H2,1-3H3,(H,35,37)(H,38,39)/b9-5+. The number of hydrogen-bond acceptors (Lipinski definition) is 4. The first-order valence-corrected chi connectivity index (χ1v) is 12.5. The molecule has 0 aliphatic heterocycles. The first-order valence-electron chi connectivity index (χ1n) is 12.5. The zero-order chi connectivity index (χ0) is 30.8. The van der Waals surface area contributed by atoms with Gasteiger partial charge in [0.15, 0.2) is 0 Å². The Morgan fingerprint density at radius 3 is 2.15 bits per heavy atom. The van der Waals surface area contributed by atoms with E-state index in [0.717, 1.165) is 17.2 Å². The number of carboxylic acid groups (broad SMARTS) is 1. The van der Waals surface area contributed by atoms with Crippen molar-refractivity contribution < 1.29 is 50.6 Å². The molecule has 3 rings (SSSR count). The summed E-state index contributed by atoms with van der Waals surface area (Å²) in [5, 5.41) is 10.9. The molecule has 2 amide bonds. The molecule has 2 N–H and O–H groups in total. The Bertz CT molecular complexity index is 1310. The summed E-state index contributed by atoms with van der Waals surface area (Å²) in [4.78, 5) is 37.9. The molecule has 1 unspecified atom stereocenters. The summed E-state index contributed by atoms with van der Waals surface area (Å²) < 4.78 is 84.6. The van der Waals surface area contributed by atoms with E-state index in [0.29, 0.717) is 30.5 Å². The molecule has 0 radical (unpaired) electrons. The van der Waals surface area contributed by atoms with Crippen LogP contribution < -0.4 is 5.32 Å². The summed E-state index contributed by atoms with van der Waals surface area (Å²) in [7, 11) is 0. The number of carbonyl (C=O) groups is 3. The maximum atomic E-state index is 13.2. The predicted octanol–water partition coefficient (Wildman–Crippen LogP) is 7.08. The van der Waals surface area contributed by atoms with Crippen molar-refractivity contribution in [3.05, 3.63) is 70.3 Å². The number of nitrogens with zero attached hydrogens (tertiary/aromatic N) is 1. The summed E-state index contributed by atoms with van der Waals surface area (Å²) in [5.74, 6) is -2.02. The number of ether oxygens (including phenoxy) is 1. The third-order valence-electron chi connectivity index (χ3n) is 6.09. The summed E-state index contributed by atoms with van der Waals surface area (Å²) in [6.45, 7) is 4.69. The topological polar surface area (TPSA) is 95.9 Å². The molecule has 41 heavy (non-hydrogen) atoms. The number of nitrogens with one attached hydrogen (secondary N) is 1. The Kier molecular flexibility index (Phi) is 9.09. The van der Waals surface area contributed by atoms with Gasteiger partial charge >= 0.3 is 24.4 Å². The molecule has 0 saturated carbocycles.